The van der Waals surface area contributed by atoms with Gasteiger partial charge in [0.1, 0.15) is 11.9 Å². The van der Waals surface area contributed by atoms with E-state index in [-0.39, 0.29) is 11.6 Å². The standard InChI is InChI=1S/C16H27NO/c1-12(2)15(11-17-16(4,5)6)18-14-9-7-8-13(3)10-14/h7-10,12,15,17H,11H2,1-6H3. The molecule has 0 amide bonds. The minimum absolute atomic E-state index is 0.128. The molecule has 1 aromatic rings. The summed E-state index contributed by atoms with van der Waals surface area (Å²) in [7, 11) is 0. The van der Waals surface area contributed by atoms with E-state index in [1.807, 2.05) is 12.1 Å². The maximum Gasteiger partial charge on any atom is 0.120 e. The highest BCUT2D eigenvalue weighted by molar-refractivity contribution is 5.27. The molecule has 0 aliphatic rings. The lowest BCUT2D eigenvalue weighted by molar-refractivity contribution is 0.139. The van der Waals surface area contributed by atoms with E-state index in [1.54, 1.807) is 0 Å². The molecule has 1 unspecified atom stereocenters. The van der Waals surface area contributed by atoms with Crippen molar-refractivity contribution in [2.24, 2.45) is 5.92 Å². The van der Waals surface area contributed by atoms with Gasteiger partial charge < -0.3 is 10.1 Å². The summed E-state index contributed by atoms with van der Waals surface area (Å²) in [4.78, 5) is 0. The average molecular weight is 249 g/mol. The van der Waals surface area contributed by atoms with Crippen LogP contribution in [0.15, 0.2) is 24.3 Å². The number of hydrogen-bond acceptors (Lipinski definition) is 2. The number of hydrogen-bond donors (Lipinski definition) is 1. The minimum Gasteiger partial charge on any atom is -0.489 e. The summed E-state index contributed by atoms with van der Waals surface area (Å²) in [6.07, 6.45) is 0.200. The summed E-state index contributed by atoms with van der Waals surface area (Å²) in [6, 6.07) is 8.25. The van der Waals surface area contributed by atoms with Gasteiger partial charge in [-0.05, 0) is 51.3 Å². The number of rotatable bonds is 5. The predicted molar refractivity (Wildman–Crippen MR) is 78.2 cm³/mol. The number of nitrogens with one attached hydrogen (secondary N) is 1. The zero-order valence-corrected chi connectivity index (χ0v) is 12.6. The summed E-state index contributed by atoms with van der Waals surface area (Å²) >= 11 is 0. The molecule has 2 nitrogen and oxygen atoms in total. The molecule has 0 spiro atoms. The molecule has 0 fully saturated rings. The van der Waals surface area contributed by atoms with Crippen LogP contribution in [0.25, 0.3) is 0 Å². The fourth-order valence-electron chi connectivity index (χ4n) is 1.68. The van der Waals surface area contributed by atoms with Crippen LogP contribution >= 0.6 is 0 Å². The Balaban J connectivity index is 2.63. The molecule has 0 aliphatic heterocycles. The van der Waals surface area contributed by atoms with E-state index in [0.29, 0.717) is 5.92 Å². The molecular formula is C16H27NO. The first-order valence-electron chi connectivity index (χ1n) is 6.76. The lowest BCUT2D eigenvalue weighted by Gasteiger charge is -2.28. The molecule has 0 radical (unpaired) electrons. The zero-order chi connectivity index (χ0) is 13.8. The van der Waals surface area contributed by atoms with Crippen molar-refractivity contribution in [1.82, 2.24) is 5.32 Å². The Bertz CT molecular complexity index is 366. The van der Waals surface area contributed by atoms with Crippen LogP contribution in [-0.2, 0) is 0 Å². The van der Waals surface area contributed by atoms with Crippen LogP contribution in [0.1, 0.15) is 40.2 Å². The van der Waals surface area contributed by atoms with E-state index in [2.05, 4.69) is 59.0 Å². The Morgan fingerprint density at radius 2 is 1.89 bits per heavy atom. The average Bonchev–Trinajstić information content (AvgIpc) is 2.22. The van der Waals surface area contributed by atoms with Gasteiger partial charge in [-0.2, -0.15) is 0 Å². The van der Waals surface area contributed by atoms with E-state index in [9.17, 15) is 0 Å². The molecule has 18 heavy (non-hydrogen) atoms. The summed E-state index contributed by atoms with van der Waals surface area (Å²) in [6.45, 7) is 13.9. The molecule has 0 saturated heterocycles. The Morgan fingerprint density at radius 1 is 1.22 bits per heavy atom. The van der Waals surface area contributed by atoms with E-state index >= 15 is 0 Å². The molecular weight excluding hydrogens is 222 g/mol. The first kappa shape index (κ1) is 15.0. The van der Waals surface area contributed by atoms with Crippen LogP contribution < -0.4 is 10.1 Å². The summed E-state index contributed by atoms with van der Waals surface area (Å²) in [5.74, 6) is 1.45. The highest BCUT2D eigenvalue weighted by atomic mass is 16.5. The Labute approximate surface area is 112 Å². The third-order valence-corrected chi connectivity index (χ3v) is 2.85. The van der Waals surface area contributed by atoms with Gasteiger partial charge in [0, 0.05) is 12.1 Å². The van der Waals surface area contributed by atoms with E-state index in [1.165, 1.54) is 5.56 Å². The summed E-state index contributed by atoms with van der Waals surface area (Å²) in [5.41, 5.74) is 1.36. The van der Waals surface area contributed by atoms with Crippen molar-refractivity contribution in [3.05, 3.63) is 29.8 Å². The molecule has 1 N–H and O–H groups in total. The van der Waals surface area contributed by atoms with Gasteiger partial charge >= 0.3 is 0 Å². The molecule has 1 atom stereocenters. The topological polar surface area (TPSA) is 21.3 Å². The first-order chi connectivity index (χ1) is 8.28. The van der Waals surface area contributed by atoms with Gasteiger partial charge in [0.15, 0.2) is 0 Å². The van der Waals surface area contributed by atoms with Gasteiger partial charge in [0.2, 0.25) is 0 Å². The number of aryl methyl sites for hydroxylation is 1. The fourth-order valence-corrected chi connectivity index (χ4v) is 1.68. The fraction of sp³-hybridized carbons (Fsp3) is 0.625. The first-order valence-corrected chi connectivity index (χ1v) is 6.76. The Morgan fingerprint density at radius 3 is 2.39 bits per heavy atom. The Kier molecular flexibility index (Phi) is 5.21. The van der Waals surface area contributed by atoms with Crippen LogP contribution in [0.3, 0.4) is 0 Å². The van der Waals surface area contributed by atoms with Gasteiger partial charge in [0.25, 0.3) is 0 Å². The van der Waals surface area contributed by atoms with Crippen molar-refractivity contribution in [3.8, 4) is 5.75 Å². The second-order valence-electron chi connectivity index (χ2n) is 6.35. The smallest absolute Gasteiger partial charge is 0.120 e. The maximum absolute atomic E-state index is 6.09. The van der Waals surface area contributed by atoms with Crippen molar-refractivity contribution in [3.63, 3.8) is 0 Å². The van der Waals surface area contributed by atoms with E-state index < -0.39 is 0 Å². The molecule has 0 aliphatic carbocycles. The van der Waals surface area contributed by atoms with Crippen LogP contribution in [0.2, 0.25) is 0 Å². The molecule has 1 aromatic carbocycles. The van der Waals surface area contributed by atoms with Crippen LogP contribution in [0.4, 0.5) is 0 Å². The van der Waals surface area contributed by atoms with Crippen molar-refractivity contribution < 1.29 is 4.74 Å². The van der Waals surface area contributed by atoms with Crippen molar-refractivity contribution in [2.45, 2.75) is 53.2 Å². The summed E-state index contributed by atoms with van der Waals surface area (Å²) in [5, 5.41) is 3.51. The van der Waals surface area contributed by atoms with Crippen LogP contribution in [-0.4, -0.2) is 18.2 Å². The minimum atomic E-state index is 0.128. The van der Waals surface area contributed by atoms with Gasteiger partial charge in [-0.1, -0.05) is 26.0 Å². The SMILES string of the molecule is Cc1cccc(OC(CNC(C)(C)C)C(C)C)c1. The maximum atomic E-state index is 6.09. The lowest BCUT2D eigenvalue weighted by Crippen LogP contribution is -2.44. The van der Waals surface area contributed by atoms with Gasteiger partial charge in [-0.15, -0.1) is 0 Å². The highest BCUT2D eigenvalue weighted by Gasteiger charge is 2.18. The monoisotopic (exact) mass is 249 g/mol. The summed E-state index contributed by atoms with van der Waals surface area (Å²) < 4.78 is 6.09. The third kappa shape index (κ3) is 5.54. The lowest BCUT2D eigenvalue weighted by atomic mass is 10.0. The number of ether oxygens (including phenoxy) is 1. The molecule has 2 heteroatoms. The third-order valence-electron chi connectivity index (χ3n) is 2.85. The largest absolute Gasteiger partial charge is 0.489 e. The van der Waals surface area contributed by atoms with Crippen molar-refractivity contribution in [1.29, 1.82) is 0 Å². The van der Waals surface area contributed by atoms with Crippen molar-refractivity contribution >= 4 is 0 Å². The second-order valence-corrected chi connectivity index (χ2v) is 6.35. The predicted octanol–water partition coefficient (Wildman–Crippen LogP) is 3.79. The Hall–Kier alpha value is -1.02. The van der Waals surface area contributed by atoms with Crippen LogP contribution in [0.5, 0.6) is 5.75 Å². The van der Waals surface area contributed by atoms with E-state index in [4.69, 9.17) is 4.74 Å². The van der Waals surface area contributed by atoms with Gasteiger partial charge in [-0.25, -0.2) is 0 Å². The molecule has 0 heterocycles. The highest BCUT2D eigenvalue weighted by Crippen LogP contribution is 2.17. The van der Waals surface area contributed by atoms with Gasteiger partial charge in [0.05, 0.1) is 0 Å². The van der Waals surface area contributed by atoms with Crippen molar-refractivity contribution in [2.75, 3.05) is 6.54 Å². The second kappa shape index (κ2) is 6.24. The normalized spacial score (nSPS) is 13.7. The molecule has 1 rings (SSSR count). The van der Waals surface area contributed by atoms with Gasteiger partial charge in [-0.3, -0.25) is 0 Å². The molecule has 0 aromatic heterocycles. The zero-order valence-electron chi connectivity index (χ0n) is 12.6. The molecule has 102 valence electrons. The molecule has 0 saturated carbocycles. The number of benzene rings is 1. The quantitative estimate of drug-likeness (QED) is 0.857. The van der Waals surface area contributed by atoms with Crippen LogP contribution in [0, 0.1) is 12.8 Å². The molecule has 0 bridgehead atoms. The van der Waals surface area contributed by atoms with E-state index in [0.717, 1.165) is 12.3 Å².